The molecule has 0 saturated heterocycles. The van der Waals surface area contributed by atoms with Crippen molar-refractivity contribution in [1.29, 1.82) is 0 Å². The molecule has 2 aromatic rings. The monoisotopic (exact) mass is 535 g/mol. The Bertz CT molecular complexity index is 1050. The van der Waals surface area contributed by atoms with Gasteiger partial charge in [0, 0.05) is 24.6 Å². The summed E-state index contributed by atoms with van der Waals surface area (Å²) in [6.45, 7) is 1.30. The van der Waals surface area contributed by atoms with Crippen LogP contribution in [0.4, 0.5) is 0 Å². The Balaban J connectivity index is 2.16. The molecule has 0 aromatic heterocycles. The molecule has 0 unspecified atom stereocenters. The Hall–Kier alpha value is -3.23. The number of hydrogen-bond acceptors (Lipinski definition) is 7. The second-order valence-corrected chi connectivity index (χ2v) is 13.6. The fourth-order valence-corrected chi connectivity index (χ4v) is 8.48. The molecule has 0 aliphatic heterocycles. The van der Waals surface area contributed by atoms with Gasteiger partial charge in [0.15, 0.2) is 0 Å². The highest BCUT2D eigenvalue weighted by molar-refractivity contribution is 8.14. The molecule has 3 N–H and O–H groups in total. The van der Waals surface area contributed by atoms with Crippen molar-refractivity contribution >= 4 is 48.0 Å². The van der Waals surface area contributed by atoms with Gasteiger partial charge >= 0.3 is 23.9 Å². The summed E-state index contributed by atoms with van der Waals surface area (Å²) in [5.74, 6) is -3.09. The summed E-state index contributed by atoms with van der Waals surface area (Å²) >= 11 is 1.01. The molecule has 192 valence electrons. The van der Waals surface area contributed by atoms with Gasteiger partial charge in [0.1, 0.15) is 5.75 Å². The van der Waals surface area contributed by atoms with Gasteiger partial charge in [-0.1, -0.05) is 24.3 Å². The van der Waals surface area contributed by atoms with E-state index < -0.39 is 31.1 Å². The molecule has 0 bridgehead atoms. The molecular weight excluding hydrogens is 507 g/mol. The average molecular weight is 536 g/mol. The molecule has 9 nitrogen and oxygen atoms in total. The van der Waals surface area contributed by atoms with Crippen LogP contribution < -0.4 is 4.74 Å². The van der Waals surface area contributed by atoms with Gasteiger partial charge in [-0.15, -0.1) is 0 Å². The van der Waals surface area contributed by atoms with Crippen LogP contribution in [0.5, 0.6) is 5.75 Å². The summed E-state index contributed by atoms with van der Waals surface area (Å²) < 4.78 is 4.97. The zero-order chi connectivity index (χ0) is 26.7. The van der Waals surface area contributed by atoms with E-state index in [1.165, 1.54) is 6.92 Å². The highest BCUT2D eigenvalue weighted by Gasteiger charge is 2.39. The van der Waals surface area contributed by atoms with Crippen molar-refractivity contribution in [3.05, 3.63) is 59.7 Å². The number of hydrogen-bond donors (Lipinski definition) is 3. The first-order valence-electron chi connectivity index (χ1n) is 11.1. The van der Waals surface area contributed by atoms with E-state index in [0.717, 1.165) is 17.3 Å². The molecule has 0 fully saturated rings. The number of carbonyl (C=O) groups is 5. The topological polar surface area (TPSA) is 155 Å². The zero-order valence-corrected chi connectivity index (χ0v) is 21.4. The molecule has 36 heavy (non-hydrogen) atoms. The summed E-state index contributed by atoms with van der Waals surface area (Å²) in [6, 6.07) is 13.3. The molecule has 0 amide bonds. The van der Waals surface area contributed by atoms with Crippen LogP contribution in [0, 0.1) is 0 Å². The molecule has 0 aliphatic carbocycles. The van der Waals surface area contributed by atoms with Gasteiger partial charge in [0.2, 0.25) is 5.12 Å². The van der Waals surface area contributed by atoms with Crippen LogP contribution in [-0.2, 0) is 25.3 Å². The third kappa shape index (κ3) is 10.2. The molecule has 0 aliphatic rings. The zero-order valence-electron chi connectivity index (χ0n) is 19.7. The van der Waals surface area contributed by atoms with Crippen molar-refractivity contribution in [3.8, 4) is 5.75 Å². The number of carboxylic acids is 3. The van der Waals surface area contributed by atoms with E-state index in [0.29, 0.717) is 22.4 Å². The maximum atomic E-state index is 12.7. The fraction of sp³-hybridized carbons (Fsp3) is 0.320. The van der Waals surface area contributed by atoms with E-state index >= 15 is 0 Å². The summed E-state index contributed by atoms with van der Waals surface area (Å²) in [5.41, 5.74) is 1.25. The Labute approximate surface area is 213 Å². The van der Waals surface area contributed by atoms with Crippen LogP contribution in [0.1, 0.15) is 42.1 Å². The number of esters is 1. The van der Waals surface area contributed by atoms with E-state index in [9.17, 15) is 39.3 Å². The van der Waals surface area contributed by atoms with Gasteiger partial charge in [0.05, 0.1) is 43.9 Å². The molecule has 11 heteroatoms. The lowest BCUT2D eigenvalue weighted by atomic mass is 10.2. The highest BCUT2D eigenvalue weighted by atomic mass is 32.2. The number of carboxylic acid groups (broad SMARTS) is 3. The molecule has 0 heterocycles. The summed E-state index contributed by atoms with van der Waals surface area (Å²) in [7, 11) is -2.26. The molecular formula is C25H28O9PS+. The molecule has 0 atom stereocenters. The predicted molar refractivity (Wildman–Crippen MR) is 136 cm³/mol. The minimum Gasteiger partial charge on any atom is -0.481 e. The maximum Gasteiger partial charge on any atom is 0.308 e. The fourth-order valence-electron chi connectivity index (χ4n) is 3.61. The number of thioether (sulfide) groups is 1. The molecule has 2 aromatic carbocycles. The van der Waals surface area contributed by atoms with Crippen LogP contribution in [-0.4, -0.2) is 62.8 Å². The number of benzene rings is 2. The summed E-state index contributed by atoms with van der Waals surface area (Å²) in [6.07, 6.45) is 0.692. The van der Waals surface area contributed by atoms with E-state index in [4.69, 9.17) is 4.74 Å². The normalized spacial score (nSPS) is 11.0. The van der Waals surface area contributed by atoms with Gasteiger partial charge < -0.3 is 20.1 Å². The smallest absolute Gasteiger partial charge is 0.308 e. The minimum absolute atomic E-state index is 0.156. The average Bonchev–Trinajstić information content (AvgIpc) is 2.81. The van der Waals surface area contributed by atoms with Gasteiger partial charge in [0.25, 0.3) is 0 Å². The minimum atomic E-state index is -2.26. The van der Waals surface area contributed by atoms with Crippen molar-refractivity contribution in [1.82, 2.24) is 0 Å². The van der Waals surface area contributed by atoms with Crippen molar-refractivity contribution in [2.24, 2.45) is 0 Å². The molecule has 0 spiro atoms. The largest absolute Gasteiger partial charge is 0.481 e. The molecule has 0 radical (unpaired) electrons. The Morgan fingerprint density at radius 1 is 0.750 bits per heavy atom. The van der Waals surface area contributed by atoms with Crippen molar-refractivity contribution in [2.75, 3.05) is 18.5 Å². The van der Waals surface area contributed by atoms with Crippen molar-refractivity contribution < 1.29 is 44.0 Å². The maximum absolute atomic E-state index is 12.7. The van der Waals surface area contributed by atoms with Crippen molar-refractivity contribution in [3.63, 3.8) is 0 Å². The number of carbonyl (C=O) groups excluding carboxylic acids is 2. The Morgan fingerprint density at radius 3 is 1.64 bits per heavy atom. The third-order valence-electron chi connectivity index (χ3n) is 5.40. The number of aliphatic carboxylic acids is 3. The predicted octanol–water partition coefficient (Wildman–Crippen LogP) is 4.49. The lowest BCUT2D eigenvalue weighted by molar-refractivity contribution is -0.137. The van der Waals surface area contributed by atoms with Gasteiger partial charge in [-0.2, -0.15) is 0 Å². The summed E-state index contributed by atoms with van der Waals surface area (Å²) in [4.78, 5) is 58.1. The van der Waals surface area contributed by atoms with Crippen molar-refractivity contribution in [2.45, 2.75) is 37.2 Å². The van der Waals surface area contributed by atoms with Gasteiger partial charge in [-0.05, 0) is 41.6 Å². The van der Waals surface area contributed by atoms with Crippen LogP contribution >= 0.6 is 19.0 Å². The highest BCUT2D eigenvalue weighted by Crippen LogP contribution is 2.62. The van der Waals surface area contributed by atoms with Gasteiger partial charge in [-0.25, -0.2) is 0 Å². The first kappa shape index (κ1) is 29.0. The summed E-state index contributed by atoms with van der Waals surface area (Å²) in [5, 5.41) is 27.4. The Morgan fingerprint density at radius 2 is 1.22 bits per heavy atom. The lowest BCUT2D eigenvalue weighted by Gasteiger charge is -2.26. The van der Waals surface area contributed by atoms with Crippen LogP contribution in [0.15, 0.2) is 53.4 Å². The molecule has 0 saturated carbocycles. The molecule has 2 rings (SSSR count). The lowest BCUT2D eigenvalue weighted by Crippen LogP contribution is -2.17. The first-order valence-corrected chi connectivity index (χ1v) is 14.4. The quantitative estimate of drug-likeness (QED) is 0.136. The van der Waals surface area contributed by atoms with E-state index in [2.05, 4.69) is 0 Å². The second kappa shape index (κ2) is 13.8. The van der Waals surface area contributed by atoms with Crippen LogP contribution in [0.3, 0.4) is 0 Å². The standard InChI is InChI=1S/C25H27O9PS/c1-17(26)34-20-6-8-21(9-7-20)36-25(33)19-4-2-18(3-5-19)16-35(13-10-22(27)28,14-11-23(29)30)15-12-24(31)32/h2-9H,10-16H2,1H3,(H2-,27,28,29,30,31,32)/p+1. The second-order valence-electron chi connectivity index (χ2n) is 8.25. The van der Waals surface area contributed by atoms with E-state index in [1.54, 1.807) is 48.5 Å². The Kier molecular flexibility index (Phi) is 11.1. The van der Waals surface area contributed by atoms with Crippen LogP contribution in [0.25, 0.3) is 0 Å². The third-order valence-corrected chi connectivity index (χ3v) is 10.9. The number of ether oxygens (including phenoxy) is 1. The SMILES string of the molecule is CC(=O)Oc1ccc(SC(=O)c2ccc(C[P+](CCC(=O)O)(CCC(=O)O)CCC(=O)O)cc2)cc1. The first-order chi connectivity index (χ1) is 17.0. The van der Waals surface area contributed by atoms with E-state index in [-0.39, 0.29) is 42.9 Å². The van der Waals surface area contributed by atoms with Gasteiger partial charge in [-0.3, -0.25) is 24.0 Å². The van der Waals surface area contributed by atoms with Crippen LogP contribution in [0.2, 0.25) is 0 Å². The number of rotatable bonds is 14. The van der Waals surface area contributed by atoms with E-state index in [1.807, 2.05) is 0 Å².